The normalized spacial score (nSPS) is 11.3. The zero-order valence-electron chi connectivity index (χ0n) is 16.3. The third-order valence-electron chi connectivity index (χ3n) is 4.17. The molecule has 0 aliphatic heterocycles. The summed E-state index contributed by atoms with van der Waals surface area (Å²) in [6.45, 7) is 0.253. The van der Waals surface area contributed by atoms with Gasteiger partial charge in [-0.3, -0.25) is 4.98 Å². The quantitative estimate of drug-likeness (QED) is 0.387. The average Bonchev–Trinajstić information content (AvgIpc) is 3.20. The first-order valence-electron chi connectivity index (χ1n) is 9.39. The van der Waals surface area contributed by atoms with Gasteiger partial charge in [-0.15, -0.1) is 0 Å². The number of hydrogen-bond acceptors (Lipinski definition) is 7. The molecule has 4 aromatic rings. The number of halogens is 3. The number of rotatable bonds is 6. The van der Waals surface area contributed by atoms with Crippen molar-refractivity contribution < 1.29 is 22.4 Å². The first-order chi connectivity index (χ1) is 15.4. The summed E-state index contributed by atoms with van der Waals surface area (Å²) in [5.74, 6) is 0.187. The summed E-state index contributed by atoms with van der Waals surface area (Å²) in [7, 11) is 0. The summed E-state index contributed by atoms with van der Waals surface area (Å²) in [5.41, 5.74) is 1.12. The Balaban J connectivity index is 1.29. The number of fused-ring (bicyclic) bond motifs is 1. The van der Waals surface area contributed by atoms with E-state index >= 15 is 0 Å². The van der Waals surface area contributed by atoms with Gasteiger partial charge in [0.25, 0.3) is 0 Å². The van der Waals surface area contributed by atoms with Gasteiger partial charge in [0.1, 0.15) is 16.9 Å². The number of urea groups is 1. The number of aromatic nitrogens is 4. The number of carbonyl (C=O) groups is 1. The van der Waals surface area contributed by atoms with E-state index in [1.54, 1.807) is 36.5 Å². The predicted octanol–water partition coefficient (Wildman–Crippen LogP) is 3.93. The molecule has 0 fully saturated rings. The molecule has 9 nitrogen and oxygen atoms in total. The van der Waals surface area contributed by atoms with Crippen molar-refractivity contribution in [3.8, 4) is 11.6 Å². The van der Waals surface area contributed by atoms with Crippen LogP contribution in [0.15, 0.2) is 59.3 Å². The summed E-state index contributed by atoms with van der Waals surface area (Å²) < 4.78 is 43.7. The standard InChI is InChI=1S/C20H16F3N7O2/c21-20(22,23)16-6-8-25-18(30-16)26-9-10-27-19(31)28-12-4-5-13-15(11-12)32-17(29-13)14-3-1-2-7-24-14/h1-8,11H,9-10H2,(H,25,26,30)(H2,27,28,31). The third kappa shape index (κ3) is 5.09. The van der Waals surface area contributed by atoms with Crippen molar-refractivity contribution in [2.45, 2.75) is 6.18 Å². The Morgan fingerprint density at radius 1 is 1.00 bits per heavy atom. The van der Waals surface area contributed by atoms with Crippen LogP contribution < -0.4 is 16.0 Å². The largest absolute Gasteiger partial charge is 0.435 e. The van der Waals surface area contributed by atoms with Crippen LogP contribution >= 0.6 is 0 Å². The van der Waals surface area contributed by atoms with Crippen LogP contribution in [0.1, 0.15) is 5.69 Å². The highest BCUT2D eigenvalue weighted by Crippen LogP contribution is 2.27. The molecular weight excluding hydrogens is 427 g/mol. The molecule has 0 spiro atoms. The van der Waals surface area contributed by atoms with E-state index in [1.807, 2.05) is 6.07 Å². The number of pyridine rings is 1. The van der Waals surface area contributed by atoms with Crippen molar-refractivity contribution in [2.24, 2.45) is 0 Å². The number of nitrogens with zero attached hydrogens (tertiary/aromatic N) is 4. The van der Waals surface area contributed by atoms with Gasteiger partial charge >= 0.3 is 12.2 Å². The minimum absolute atomic E-state index is 0.125. The first kappa shape index (κ1) is 21.0. The number of oxazole rings is 1. The zero-order valence-corrected chi connectivity index (χ0v) is 16.3. The van der Waals surface area contributed by atoms with Crippen molar-refractivity contribution in [2.75, 3.05) is 23.7 Å². The second-order valence-corrected chi connectivity index (χ2v) is 6.49. The molecule has 3 N–H and O–H groups in total. The van der Waals surface area contributed by atoms with Crippen LogP contribution in [0, 0.1) is 0 Å². The van der Waals surface area contributed by atoms with E-state index in [0.717, 1.165) is 12.3 Å². The van der Waals surface area contributed by atoms with Gasteiger partial charge in [0, 0.05) is 37.2 Å². The van der Waals surface area contributed by atoms with Crippen molar-refractivity contribution in [1.82, 2.24) is 25.3 Å². The van der Waals surface area contributed by atoms with Gasteiger partial charge in [0.2, 0.25) is 11.8 Å². The fraction of sp³-hybridized carbons (Fsp3) is 0.150. The van der Waals surface area contributed by atoms with Crippen LogP contribution in [0.2, 0.25) is 0 Å². The molecule has 4 rings (SSSR count). The maximum atomic E-state index is 12.7. The molecule has 0 bridgehead atoms. The number of anilines is 2. The van der Waals surface area contributed by atoms with Crippen LogP contribution in [0.25, 0.3) is 22.7 Å². The second-order valence-electron chi connectivity index (χ2n) is 6.49. The van der Waals surface area contributed by atoms with Crippen molar-refractivity contribution in [3.63, 3.8) is 0 Å². The Bertz CT molecular complexity index is 1230. The Kier molecular flexibility index (Phi) is 5.83. The van der Waals surface area contributed by atoms with E-state index < -0.39 is 17.9 Å². The zero-order chi connectivity index (χ0) is 22.6. The molecule has 32 heavy (non-hydrogen) atoms. The number of benzene rings is 1. The SMILES string of the molecule is O=C(NCCNc1nccc(C(F)(F)F)n1)Nc1ccc2nc(-c3ccccn3)oc2c1. The summed E-state index contributed by atoms with van der Waals surface area (Å²) in [6, 6.07) is 10.7. The average molecular weight is 443 g/mol. The third-order valence-corrected chi connectivity index (χ3v) is 4.17. The van der Waals surface area contributed by atoms with E-state index in [1.165, 1.54) is 0 Å². The lowest BCUT2D eigenvalue weighted by molar-refractivity contribution is -0.141. The van der Waals surface area contributed by atoms with Gasteiger partial charge in [0.15, 0.2) is 5.58 Å². The van der Waals surface area contributed by atoms with Crippen molar-refractivity contribution in [1.29, 1.82) is 0 Å². The first-order valence-corrected chi connectivity index (χ1v) is 9.39. The van der Waals surface area contributed by atoms with Gasteiger partial charge in [-0.25, -0.2) is 19.7 Å². The highest BCUT2D eigenvalue weighted by Gasteiger charge is 2.32. The smallest absolute Gasteiger partial charge is 0.433 e. The highest BCUT2D eigenvalue weighted by atomic mass is 19.4. The monoisotopic (exact) mass is 443 g/mol. The number of carbonyl (C=O) groups excluding carboxylic acids is 1. The molecule has 0 unspecified atom stereocenters. The molecule has 0 saturated heterocycles. The van der Waals surface area contributed by atoms with Gasteiger partial charge in [-0.05, 0) is 30.3 Å². The maximum Gasteiger partial charge on any atom is 0.433 e. The summed E-state index contributed by atoms with van der Waals surface area (Å²) >= 11 is 0. The van der Waals surface area contributed by atoms with Crippen molar-refractivity contribution >= 4 is 28.8 Å². The molecular formula is C20H16F3N7O2. The fourth-order valence-electron chi connectivity index (χ4n) is 2.73. The highest BCUT2D eigenvalue weighted by molar-refractivity contribution is 5.91. The molecule has 0 radical (unpaired) electrons. The topological polar surface area (TPSA) is 118 Å². The number of nitrogens with one attached hydrogen (secondary N) is 3. The molecule has 0 atom stereocenters. The van der Waals surface area contributed by atoms with Crippen LogP contribution in [-0.2, 0) is 6.18 Å². The fourth-order valence-corrected chi connectivity index (χ4v) is 2.73. The molecule has 12 heteroatoms. The van der Waals surface area contributed by atoms with Gasteiger partial charge in [-0.1, -0.05) is 6.07 Å². The minimum Gasteiger partial charge on any atom is -0.435 e. The van der Waals surface area contributed by atoms with E-state index in [4.69, 9.17) is 4.42 Å². The minimum atomic E-state index is -4.56. The molecule has 0 aliphatic carbocycles. The lowest BCUT2D eigenvalue weighted by Gasteiger charge is -2.10. The molecule has 3 aromatic heterocycles. The summed E-state index contributed by atoms with van der Waals surface area (Å²) in [4.78, 5) is 27.7. The Hall–Kier alpha value is -4.22. The number of amides is 2. The summed E-state index contributed by atoms with van der Waals surface area (Å²) in [6.07, 6.45) is -1.91. The van der Waals surface area contributed by atoms with Crippen LogP contribution in [-0.4, -0.2) is 39.1 Å². The lowest BCUT2D eigenvalue weighted by Crippen LogP contribution is -2.32. The van der Waals surface area contributed by atoms with E-state index in [0.29, 0.717) is 28.4 Å². The molecule has 2 amide bonds. The van der Waals surface area contributed by atoms with Crippen LogP contribution in [0.5, 0.6) is 0 Å². The Morgan fingerprint density at radius 2 is 1.88 bits per heavy atom. The van der Waals surface area contributed by atoms with E-state index in [2.05, 4.69) is 35.9 Å². The summed E-state index contributed by atoms with van der Waals surface area (Å²) in [5, 5.41) is 7.85. The number of hydrogen-bond donors (Lipinski definition) is 3. The Labute approximate surface area is 179 Å². The van der Waals surface area contributed by atoms with Gasteiger partial charge < -0.3 is 20.4 Å². The second kappa shape index (κ2) is 8.88. The lowest BCUT2D eigenvalue weighted by atomic mass is 10.3. The van der Waals surface area contributed by atoms with Gasteiger partial charge in [-0.2, -0.15) is 13.2 Å². The van der Waals surface area contributed by atoms with Crippen molar-refractivity contribution in [3.05, 3.63) is 60.6 Å². The number of alkyl halides is 3. The van der Waals surface area contributed by atoms with E-state index in [-0.39, 0.29) is 19.0 Å². The maximum absolute atomic E-state index is 12.7. The molecule has 164 valence electrons. The van der Waals surface area contributed by atoms with Crippen LogP contribution in [0.4, 0.5) is 29.6 Å². The predicted molar refractivity (Wildman–Crippen MR) is 110 cm³/mol. The van der Waals surface area contributed by atoms with Gasteiger partial charge in [0.05, 0.1) is 0 Å². The Morgan fingerprint density at radius 3 is 2.66 bits per heavy atom. The van der Waals surface area contributed by atoms with Crippen LogP contribution in [0.3, 0.4) is 0 Å². The molecule has 0 saturated carbocycles. The molecule has 0 aliphatic rings. The van der Waals surface area contributed by atoms with E-state index in [9.17, 15) is 18.0 Å². The molecule has 1 aromatic carbocycles. The molecule has 3 heterocycles.